The molecule has 1 unspecified atom stereocenters. The summed E-state index contributed by atoms with van der Waals surface area (Å²) in [6, 6.07) is 18.2. The number of carbonyl (C=O) groups excluding carboxylic acids is 1. The number of hydrogen-bond donors (Lipinski definition) is 1. The Labute approximate surface area is 137 Å². The number of amides is 1. The van der Waals surface area contributed by atoms with Crippen molar-refractivity contribution in [3.8, 4) is 0 Å². The van der Waals surface area contributed by atoms with Gasteiger partial charge in [0.2, 0.25) is 5.91 Å². The number of aliphatic imine (C=N–C) groups is 1. The Balaban J connectivity index is 1.83. The van der Waals surface area contributed by atoms with E-state index in [9.17, 15) is 4.79 Å². The molecular formula is C20H22N2O. The lowest BCUT2D eigenvalue weighted by Gasteiger charge is -2.26. The predicted molar refractivity (Wildman–Crippen MR) is 93.5 cm³/mol. The van der Waals surface area contributed by atoms with Gasteiger partial charge in [0, 0.05) is 6.21 Å². The standard InChI is InChI=1S/C20H22N2O/c1-14(2)19(15-8-4-3-5-9-15)22-20(23)18-13-21-12-16-10-6-7-11-17(16)18/h3-11,13-14,18-19H,12H2,1-2H3,(H,22,23)/t18?,19-/m0/s1. The second kappa shape index (κ2) is 6.78. The fraction of sp³-hybridized carbons (Fsp3) is 0.300. The summed E-state index contributed by atoms with van der Waals surface area (Å²) in [7, 11) is 0. The second-order valence-electron chi connectivity index (χ2n) is 6.31. The van der Waals surface area contributed by atoms with E-state index in [1.54, 1.807) is 6.21 Å². The van der Waals surface area contributed by atoms with Gasteiger partial charge in [0.05, 0.1) is 18.5 Å². The monoisotopic (exact) mass is 306 g/mol. The molecule has 2 aromatic rings. The summed E-state index contributed by atoms with van der Waals surface area (Å²) in [6.07, 6.45) is 1.78. The van der Waals surface area contributed by atoms with E-state index in [0.717, 1.165) is 16.7 Å². The van der Waals surface area contributed by atoms with Gasteiger partial charge >= 0.3 is 0 Å². The van der Waals surface area contributed by atoms with Crippen LogP contribution in [0, 0.1) is 5.92 Å². The van der Waals surface area contributed by atoms with Crippen molar-refractivity contribution < 1.29 is 4.79 Å². The Morgan fingerprint density at radius 1 is 1.09 bits per heavy atom. The smallest absolute Gasteiger partial charge is 0.233 e. The van der Waals surface area contributed by atoms with Gasteiger partial charge in [-0.3, -0.25) is 9.79 Å². The minimum atomic E-state index is -0.301. The zero-order valence-electron chi connectivity index (χ0n) is 13.6. The molecule has 0 bridgehead atoms. The SMILES string of the molecule is CC(C)[C@H](NC(=O)C1C=NCc2ccccc21)c1ccccc1. The Bertz CT molecular complexity index is 707. The minimum absolute atomic E-state index is 0.00573. The molecule has 118 valence electrons. The van der Waals surface area contributed by atoms with Gasteiger partial charge in [0.15, 0.2) is 0 Å². The predicted octanol–water partition coefficient (Wildman–Crippen LogP) is 3.87. The number of rotatable bonds is 4. The zero-order valence-corrected chi connectivity index (χ0v) is 13.6. The van der Waals surface area contributed by atoms with Crippen LogP contribution >= 0.6 is 0 Å². The molecule has 1 amide bonds. The normalized spacial score (nSPS) is 17.6. The molecule has 0 aromatic heterocycles. The van der Waals surface area contributed by atoms with Crippen molar-refractivity contribution >= 4 is 12.1 Å². The van der Waals surface area contributed by atoms with Crippen molar-refractivity contribution in [1.82, 2.24) is 5.32 Å². The molecule has 2 aromatic carbocycles. The van der Waals surface area contributed by atoms with Gasteiger partial charge in [-0.2, -0.15) is 0 Å². The summed E-state index contributed by atoms with van der Waals surface area (Å²) < 4.78 is 0. The number of hydrogen-bond acceptors (Lipinski definition) is 2. The van der Waals surface area contributed by atoms with Crippen molar-refractivity contribution in [1.29, 1.82) is 0 Å². The molecule has 3 heteroatoms. The number of nitrogens with one attached hydrogen (secondary N) is 1. The molecule has 0 spiro atoms. The summed E-state index contributed by atoms with van der Waals surface area (Å²) in [5.74, 6) is 0.0329. The third kappa shape index (κ3) is 3.34. The molecule has 1 N–H and O–H groups in total. The topological polar surface area (TPSA) is 41.5 Å². The largest absolute Gasteiger partial charge is 0.348 e. The van der Waals surface area contributed by atoms with E-state index < -0.39 is 0 Å². The van der Waals surface area contributed by atoms with Gasteiger partial charge in [-0.05, 0) is 22.6 Å². The van der Waals surface area contributed by atoms with Crippen LogP contribution in [0.2, 0.25) is 0 Å². The highest BCUT2D eigenvalue weighted by molar-refractivity contribution is 6.00. The molecule has 3 nitrogen and oxygen atoms in total. The van der Waals surface area contributed by atoms with E-state index in [1.165, 1.54) is 0 Å². The van der Waals surface area contributed by atoms with E-state index in [-0.39, 0.29) is 17.9 Å². The van der Waals surface area contributed by atoms with Crippen LogP contribution in [0.15, 0.2) is 59.6 Å². The maximum absolute atomic E-state index is 12.8. The van der Waals surface area contributed by atoms with Crippen LogP contribution in [0.1, 0.15) is 42.5 Å². The van der Waals surface area contributed by atoms with Crippen LogP contribution in [-0.4, -0.2) is 12.1 Å². The van der Waals surface area contributed by atoms with E-state index in [2.05, 4.69) is 36.3 Å². The molecule has 2 atom stereocenters. The Kier molecular flexibility index (Phi) is 4.56. The molecule has 23 heavy (non-hydrogen) atoms. The molecule has 0 fully saturated rings. The zero-order chi connectivity index (χ0) is 16.2. The minimum Gasteiger partial charge on any atom is -0.348 e. The van der Waals surface area contributed by atoms with Crippen LogP contribution in [0.5, 0.6) is 0 Å². The molecule has 1 aliphatic heterocycles. The third-order valence-corrected chi connectivity index (χ3v) is 4.31. The van der Waals surface area contributed by atoms with Gasteiger partial charge in [-0.25, -0.2) is 0 Å². The van der Waals surface area contributed by atoms with Crippen LogP contribution < -0.4 is 5.32 Å². The van der Waals surface area contributed by atoms with Gasteiger partial charge < -0.3 is 5.32 Å². The summed E-state index contributed by atoms with van der Waals surface area (Å²) in [5.41, 5.74) is 3.34. The average molecular weight is 306 g/mol. The third-order valence-electron chi connectivity index (χ3n) is 4.31. The van der Waals surface area contributed by atoms with Crippen LogP contribution in [0.4, 0.5) is 0 Å². The summed E-state index contributed by atoms with van der Waals surface area (Å²) in [5, 5.41) is 3.21. The lowest BCUT2D eigenvalue weighted by molar-refractivity contribution is -0.122. The van der Waals surface area contributed by atoms with Gasteiger partial charge in [-0.15, -0.1) is 0 Å². The molecule has 0 aliphatic carbocycles. The number of carbonyl (C=O) groups is 1. The van der Waals surface area contributed by atoms with Crippen molar-refractivity contribution in [3.63, 3.8) is 0 Å². The van der Waals surface area contributed by atoms with Gasteiger partial charge in [-0.1, -0.05) is 68.4 Å². The fourth-order valence-corrected chi connectivity index (χ4v) is 3.07. The maximum atomic E-state index is 12.8. The molecule has 3 rings (SSSR count). The highest BCUT2D eigenvalue weighted by Crippen LogP contribution is 2.27. The first kappa shape index (κ1) is 15.5. The Morgan fingerprint density at radius 3 is 2.52 bits per heavy atom. The molecule has 0 saturated heterocycles. The first-order valence-corrected chi connectivity index (χ1v) is 8.10. The average Bonchev–Trinajstić information content (AvgIpc) is 2.59. The Hall–Kier alpha value is -2.42. The van der Waals surface area contributed by atoms with E-state index in [1.807, 2.05) is 42.5 Å². The first-order chi connectivity index (χ1) is 11.2. The lowest BCUT2D eigenvalue weighted by Crippen LogP contribution is -2.36. The van der Waals surface area contributed by atoms with Crippen molar-refractivity contribution in [2.45, 2.75) is 32.4 Å². The van der Waals surface area contributed by atoms with Crippen molar-refractivity contribution in [2.24, 2.45) is 10.9 Å². The maximum Gasteiger partial charge on any atom is 0.233 e. The van der Waals surface area contributed by atoms with Gasteiger partial charge in [0.25, 0.3) is 0 Å². The summed E-state index contributed by atoms with van der Waals surface area (Å²) in [6.45, 7) is 4.91. The highest BCUT2D eigenvalue weighted by atomic mass is 16.1. The first-order valence-electron chi connectivity index (χ1n) is 8.10. The van der Waals surface area contributed by atoms with E-state index in [0.29, 0.717) is 12.5 Å². The second-order valence-corrected chi connectivity index (χ2v) is 6.31. The number of fused-ring (bicyclic) bond motifs is 1. The highest BCUT2D eigenvalue weighted by Gasteiger charge is 2.27. The number of benzene rings is 2. The van der Waals surface area contributed by atoms with Crippen LogP contribution in [0.3, 0.4) is 0 Å². The van der Waals surface area contributed by atoms with Crippen molar-refractivity contribution in [3.05, 3.63) is 71.3 Å². The van der Waals surface area contributed by atoms with E-state index >= 15 is 0 Å². The summed E-state index contributed by atoms with van der Waals surface area (Å²) >= 11 is 0. The molecule has 1 aliphatic rings. The summed E-state index contributed by atoms with van der Waals surface area (Å²) in [4.78, 5) is 17.2. The molecule has 1 heterocycles. The fourth-order valence-electron chi connectivity index (χ4n) is 3.07. The molecule has 0 saturated carbocycles. The van der Waals surface area contributed by atoms with Gasteiger partial charge in [0.1, 0.15) is 0 Å². The Morgan fingerprint density at radius 2 is 1.78 bits per heavy atom. The quantitative estimate of drug-likeness (QED) is 0.915. The van der Waals surface area contributed by atoms with Crippen LogP contribution in [-0.2, 0) is 11.3 Å². The van der Waals surface area contributed by atoms with E-state index in [4.69, 9.17) is 0 Å². The molecular weight excluding hydrogens is 284 g/mol. The molecule has 0 radical (unpaired) electrons. The van der Waals surface area contributed by atoms with Crippen LogP contribution in [0.25, 0.3) is 0 Å². The lowest BCUT2D eigenvalue weighted by atomic mass is 9.90. The number of nitrogens with zero attached hydrogens (tertiary/aromatic N) is 1. The van der Waals surface area contributed by atoms with Crippen molar-refractivity contribution in [2.75, 3.05) is 0 Å².